The first kappa shape index (κ1) is 17.4. The van der Waals surface area contributed by atoms with Crippen LogP contribution in [0.25, 0.3) is 17.0 Å². The molecule has 138 valence electrons. The molecule has 27 heavy (non-hydrogen) atoms. The maximum atomic E-state index is 12.6. The SMILES string of the molecule is Cc1c(C(=O)NCCc2ccccc2)oc2ccc3c(c12)C=CC(C)(C)O3. The van der Waals surface area contributed by atoms with Crippen molar-refractivity contribution in [1.29, 1.82) is 0 Å². The fourth-order valence-corrected chi connectivity index (χ4v) is 3.47. The fourth-order valence-electron chi connectivity index (χ4n) is 3.47. The van der Waals surface area contributed by atoms with E-state index < -0.39 is 0 Å². The van der Waals surface area contributed by atoms with Gasteiger partial charge < -0.3 is 14.5 Å². The van der Waals surface area contributed by atoms with Gasteiger partial charge in [0.05, 0.1) is 0 Å². The Morgan fingerprint density at radius 1 is 1.11 bits per heavy atom. The zero-order chi connectivity index (χ0) is 19.0. The molecule has 4 nitrogen and oxygen atoms in total. The second-order valence-corrected chi connectivity index (χ2v) is 7.44. The predicted octanol–water partition coefficient (Wildman–Crippen LogP) is 4.90. The summed E-state index contributed by atoms with van der Waals surface area (Å²) in [5, 5.41) is 3.90. The van der Waals surface area contributed by atoms with Gasteiger partial charge in [0, 0.05) is 23.1 Å². The highest BCUT2D eigenvalue weighted by Gasteiger charge is 2.26. The van der Waals surface area contributed by atoms with Gasteiger partial charge in [0.25, 0.3) is 5.91 Å². The average Bonchev–Trinajstić information content (AvgIpc) is 2.99. The lowest BCUT2D eigenvalue weighted by molar-refractivity contribution is 0.0927. The number of benzene rings is 2. The van der Waals surface area contributed by atoms with Crippen LogP contribution < -0.4 is 10.1 Å². The molecule has 2 aromatic carbocycles. The van der Waals surface area contributed by atoms with Crippen molar-refractivity contribution in [3.8, 4) is 5.75 Å². The molecule has 1 aromatic heterocycles. The van der Waals surface area contributed by atoms with E-state index in [9.17, 15) is 4.79 Å². The maximum absolute atomic E-state index is 12.6. The number of carbonyl (C=O) groups is 1. The molecule has 4 heteroatoms. The van der Waals surface area contributed by atoms with E-state index in [0.717, 1.165) is 28.7 Å². The molecule has 3 aromatic rings. The van der Waals surface area contributed by atoms with Crippen LogP contribution in [0, 0.1) is 6.92 Å². The van der Waals surface area contributed by atoms with Gasteiger partial charge >= 0.3 is 0 Å². The Morgan fingerprint density at radius 2 is 1.89 bits per heavy atom. The Kier molecular flexibility index (Phi) is 4.27. The van der Waals surface area contributed by atoms with Crippen molar-refractivity contribution < 1.29 is 13.9 Å². The molecule has 0 spiro atoms. The van der Waals surface area contributed by atoms with E-state index in [0.29, 0.717) is 17.9 Å². The van der Waals surface area contributed by atoms with Gasteiger partial charge in [0.1, 0.15) is 16.9 Å². The number of aryl methyl sites for hydroxylation is 1. The molecule has 0 atom stereocenters. The summed E-state index contributed by atoms with van der Waals surface area (Å²) >= 11 is 0. The van der Waals surface area contributed by atoms with Gasteiger partial charge in [0.15, 0.2) is 5.76 Å². The molecule has 1 N–H and O–H groups in total. The summed E-state index contributed by atoms with van der Waals surface area (Å²) in [6, 6.07) is 13.9. The highest BCUT2D eigenvalue weighted by Crippen LogP contribution is 2.39. The zero-order valence-electron chi connectivity index (χ0n) is 15.8. The second-order valence-electron chi connectivity index (χ2n) is 7.44. The third-order valence-corrected chi connectivity index (χ3v) is 4.87. The quantitative estimate of drug-likeness (QED) is 0.719. The van der Waals surface area contributed by atoms with E-state index in [1.807, 2.05) is 57.2 Å². The van der Waals surface area contributed by atoms with E-state index in [1.165, 1.54) is 5.56 Å². The normalized spacial score (nSPS) is 14.6. The highest BCUT2D eigenvalue weighted by atomic mass is 16.5. The minimum absolute atomic E-state index is 0.186. The third kappa shape index (κ3) is 3.35. The van der Waals surface area contributed by atoms with Crippen LogP contribution in [0.15, 0.2) is 53.0 Å². The van der Waals surface area contributed by atoms with Crippen molar-refractivity contribution in [2.75, 3.05) is 6.54 Å². The molecule has 0 radical (unpaired) electrons. The molecule has 2 heterocycles. The summed E-state index contributed by atoms with van der Waals surface area (Å²) in [5.41, 5.74) is 3.37. The van der Waals surface area contributed by atoms with Crippen LogP contribution in [0.2, 0.25) is 0 Å². The van der Waals surface area contributed by atoms with E-state index in [2.05, 4.69) is 23.5 Å². The number of furan rings is 1. The van der Waals surface area contributed by atoms with E-state index in [-0.39, 0.29) is 11.5 Å². The molecule has 0 bridgehead atoms. The summed E-state index contributed by atoms with van der Waals surface area (Å²) in [7, 11) is 0. The summed E-state index contributed by atoms with van der Waals surface area (Å²) in [6.45, 7) is 6.52. The molecule has 1 aliphatic heterocycles. The van der Waals surface area contributed by atoms with Crippen molar-refractivity contribution >= 4 is 23.0 Å². The van der Waals surface area contributed by atoms with Crippen molar-refractivity contribution in [3.05, 3.63) is 71.0 Å². The average molecular weight is 361 g/mol. The first-order valence-electron chi connectivity index (χ1n) is 9.21. The summed E-state index contributed by atoms with van der Waals surface area (Å²) in [6.07, 6.45) is 4.87. The number of rotatable bonds is 4. The molecule has 0 saturated heterocycles. The number of ether oxygens (including phenoxy) is 1. The van der Waals surface area contributed by atoms with E-state index >= 15 is 0 Å². The van der Waals surface area contributed by atoms with Gasteiger partial charge in [-0.05, 0) is 51.0 Å². The smallest absolute Gasteiger partial charge is 0.287 e. The van der Waals surface area contributed by atoms with Crippen LogP contribution in [0.1, 0.15) is 41.1 Å². The predicted molar refractivity (Wildman–Crippen MR) is 107 cm³/mol. The monoisotopic (exact) mass is 361 g/mol. The van der Waals surface area contributed by atoms with Crippen LogP contribution in [0.5, 0.6) is 5.75 Å². The standard InChI is InChI=1S/C23H23NO3/c1-15-20-17-11-13-23(2,3)27-18(17)9-10-19(20)26-21(15)22(25)24-14-12-16-7-5-4-6-8-16/h4-11,13H,12,14H2,1-3H3,(H,24,25). The molecule has 0 saturated carbocycles. The number of amides is 1. The minimum atomic E-state index is -0.337. The number of carbonyl (C=O) groups excluding carboxylic acids is 1. The molecule has 1 aliphatic rings. The number of nitrogens with one attached hydrogen (secondary N) is 1. The summed E-state index contributed by atoms with van der Waals surface area (Å²) in [5.74, 6) is 0.994. The number of hydrogen-bond acceptors (Lipinski definition) is 3. The lowest BCUT2D eigenvalue weighted by Gasteiger charge is -2.28. The first-order chi connectivity index (χ1) is 12.9. The van der Waals surface area contributed by atoms with Crippen LogP contribution in [0.4, 0.5) is 0 Å². The Labute approximate surface area is 158 Å². The van der Waals surface area contributed by atoms with Crippen LogP contribution in [-0.2, 0) is 6.42 Å². The number of hydrogen-bond donors (Lipinski definition) is 1. The summed E-state index contributed by atoms with van der Waals surface area (Å²) < 4.78 is 11.9. The molecule has 0 aliphatic carbocycles. The molecule has 1 amide bonds. The van der Waals surface area contributed by atoms with Crippen molar-refractivity contribution in [3.63, 3.8) is 0 Å². The Hall–Kier alpha value is -3.01. The van der Waals surface area contributed by atoms with Crippen molar-refractivity contribution in [2.24, 2.45) is 0 Å². The van der Waals surface area contributed by atoms with Gasteiger partial charge in [-0.3, -0.25) is 4.79 Å². The largest absolute Gasteiger partial charge is 0.483 e. The Bertz CT molecular complexity index is 1030. The third-order valence-electron chi connectivity index (χ3n) is 4.87. The lowest BCUT2D eigenvalue weighted by Crippen LogP contribution is -2.27. The van der Waals surface area contributed by atoms with Crippen LogP contribution in [0.3, 0.4) is 0 Å². The lowest BCUT2D eigenvalue weighted by atomic mass is 9.98. The van der Waals surface area contributed by atoms with Gasteiger partial charge in [-0.15, -0.1) is 0 Å². The molecular weight excluding hydrogens is 338 g/mol. The zero-order valence-corrected chi connectivity index (χ0v) is 15.8. The molecule has 4 rings (SSSR count). The van der Waals surface area contributed by atoms with Crippen LogP contribution in [-0.4, -0.2) is 18.1 Å². The fraction of sp³-hybridized carbons (Fsp3) is 0.261. The number of fused-ring (bicyclic) bond motifs is 3. The first-order valence-corrected chi connectivity index (χ1v) is 9.21. The maximum Gasteiger partial charge on any atom is 0.287 e. The van der Waals surface area contributed by atoms with E-state index in [1.54, 1.807) is 0 Å². The van der Waals surface area contributed by atoms with Crippen molar-refractivity contribution in [2.45, 2.75) is 32.8 Å². The van der Waals surface area contributed by atoms with Gasteiger partial charge in [-0.1, -0.05) is 36.4 Å². The Morgan fingerprint density at radius 3 is 2.67 bits per heavy atom. The molecule has 0 unspecified atom stereocenters. The second kappa shape index (κ2) is 6.62. The Balaban J connectivity index is 1.58. The highest BCUT2D eigenvalue weighted by molar-refractivity contribution is 6.02. The molecule has 0 fully saturated rings. The molecular formula is C23H23NO3. The minimum Gasteiger partial charge on any atom is -0.483 e. The summed E-state index contributed by atoms with van der Waals surface area (Å²) in [4.78, 5) is 12.6. The van der Waals surface area contributed by atoms with Gasteiger partial charge in [-0.25, -0.2) is 0 Å². The van der Waals surface area contributed by atoms with Crippen molar-refractivity contribution in [1.82, 2.24) is 5.32 Å². The van der Waals surface area contributed by atoms with Crippen LogP contribution >= 0.6 is 0 Å². The topological polar surface area (TPSA) is 51.5 Å². The van der Waals surface area contributed by atoms with Gasteiger partial charge in [-0.2, -0.15) is 0 Å². The van der Waals surface area contributed by atoms with Gasteiger partial charge in [0.2, 0.25) is 0 Å². The van der Waals surface area contributed by atoms with E-state index in [4.69, 9.17) is 9.15 Å².